The van der Waals surface area contributed by atoms with Gasteiger partial charge in [0.15, 0.2) is 0 Å². The summed E-state index contributed by atoms with van der Waals surface area (Å²) in [5, 5.41) is 2.48. The second-order valence-corrected chi connectivity index (χ2v) is 4.52. The molecule has 0 saturated carbocycles. The van der Waals surface area contributed by atoms with Gasteiger partial charge in [-0.25, -0.2) is 0 Å². The molecule has 2 heteroatoms. The monoisotopic (exact) mass is 229 g/mol. The van der Waals surface area contributed by atoms with Gasteiger partial charge in [-0.1, -0.05) is 36.4 Å². The highest BCUT2D eigenvalue weighted by molar-refractivity contribution is 5.83. The number of hydrogen-bond acceptors (Lipinski definition) is 2. The van der Waals surface area contributed by atoms with Gasteiger partial charge in [-0.2, -0.15) is 0 Å². The van der Waals surface area contributed by atoms with Crippen molar-refractivity contribution >= 4 is 10.8 Å². The first-order chi connectivity index (χ1) is 8.20. The Bertz CT molecular complexity index is 493. The summed E-state index contributed by atoms with van der Waals surface area (Å²) in [6.07, 6.45) is 0.176. The lowest BCUT2D eigenvalue weighted by Crippen LogP contribution is -2.19. The topological polar surface area (TPSA) is 35.2 Å². The van der Waals surface area contributed by atoms with Crippen LogP contribution in [-0.2, 0) is 4.74 Å². The fourth-order valence-corrected chi connectivity index (χ4v) is 2.01. The van der Waals surface area contributed by atoms with Crippen LogP contribution in [0.25, 0.3) is 10.8 Å². The van der Waals surface area contributed by atoms with Gasteiger partial charge >= 0.3 is 0 Å². The summed E-state index contributed by atoms with van der Waals surface area (Å²) in [6.45, 7) is 4.57. The Morgan fingerprint density at radius 3 is 2.41 bits per heavy atom. The third-order valence-corrected chi connectivity index (χ3v) is 2.80. The number of hydrogen-bond donors (Lipinski definition) is 1. The maximum atomic E-state index is 5.81. The molecule has 2 aromatic carbocycles. The first kappa shape index (κ1) is 12.1. The molecule has 17 heavy (non-hydrogen) atoms. The van der Waals surface area contributed by atoms with Gasteiger partial charge in [0.25, 0.3) is 0 Å². The molecule has 0 heterocycles. The molecule has 0 radical (unpaired) electrons. The molecule has 2 nitrogen and oxygen atoms in total. The third kappa shape index (κ3) is 2.84. The second-order valence-electron chi connectivity index (χ2n) is 4.52. The largest absolute Gasteiger partial charge is 0.370 e. The zero-order valence-corrected chi connectivity index (χ0v) is 10.4. The van der Waals surface area contributed by atoms with Crippen molar-refractivity contribution in [2.75, 3.05) is 6.54 Å². The van der Waals surface area contributed by atoms with E-state index in [0.717, 1.165) is 5.56 Å². The van der Waals surface area contributed by atoms with Crippen molar-refractivity contribution in [3.63, 3.8) is 0 Å². The van der Waals surface area contributed by atoms with Crippen molar-refractivity contribution in [2.24, 2.45) is 5.73 Å². The quantitative estimate of drug-likeness (QED) is 0.873. The van der Waals surface area contributed by atoms with Crippen LogP contribution in [0.2, 0.25) is 0 Å². The van der Waals surface area contributed by atoms with E-state index in [9.17, 15) is 0 Å². The fraction of sp³-hybridized carbons (Fsp3) is 0.333. The summed E-state index contributed by atoms with van der Waals surface area (Å²) in [4.78, 5) is 0. The van der Waals surface area contributed by atoms with Gasteiger partial charge in [-0.15, -0.1) is 0 Å². The minimum absolute atomic E-state index is 0.0143. The number of ether oxygens (including phenoxy) is 1. The van der Waals surface area contributed by atoms with E-state index in [1.165, 1.54) is 10.8 Å². The van der Waals surface area contributed by atoms with Crippen LogP contribution >= 0.6 is 0 Å². The third-order valence-electron chi connectivity index (χ3n) is 2.80. The Morgan fingerprint density at radius 1 is 1.06 bits per heavy atom. The second kappa shape index (κ2) is 5.30. The minimum Gasteiger partial charge on any atom is -0.370 e. The maximum Gasteiger partial charge on any atom is 0.0950 e. The van der Waals surface area contributed by atoms with E-state index >= 15 is 0 Å². The molecule has 0 saturated heterocycles. The van der Waals surface area contributed by atoms with Crippen molar-refractivity contribution in [1.29, 1.82) is 0 Å². The Kier molecular flexibility index (Phi) is 3.77. The first-order valence-electron chi connectivity index (χ1n) is 6.05. The number of rotatable bonds is 4. The zero-order chi connectivity index (χ0) is 12.3. The van der Waals surface area contributed by atoms with Crippen LogP contribution in [-0.4, -0.2) is 12.6 Å². The van der Waals surface area contributed by atoms with Gasteiger partial charge in [0, 0.05) is 6.54 Å². The molecule has 0 aliphatic rings. The van der Waals surface area contributed by atoms with Gasteiger partial charge < -0.3 is 10.5 Å². The Hall–Kier alpha value is -1.38. The number of fused-ring (bicyclic) bond motifs is 1. The summed E-state index contributed by atoms with van der Waals surface area (Å²) >= 11 is 0. The molecule has 1 unspecified atom stereocenters. The molecule has 0 fully saturated rings. The Labute approximate surface area is 102 Å². The summed E-state index contributed by atoms with van der Waals surface area (Å²) in [6, 6.07) is 14.7. The van der Waals surface area contributed by atoms with E-state index in [-0.39, 0.29) is 12.2 Å². The molecule has 0 amide bonds. The highest BCUT2D eigenvalue weighted by atomic mass is 16.5. The maximum absolute atomic E-state index is 5.81. The lowest BCUT2D eigenvalue weighted by molar-refractivity contribution is 0.0120. The molecule has 0 aliphatic heterocycles. The zero-order valence-electron chi connectivity index (χ0n) is 10.4. The van der Waals surface area contributed by atoms with Crippen LogP contribution in [0, 0.1) is 0 Å². The van der Waals surface area contributed by atoms with E-state index in [4.69, 9.17) is 10.5 Å². The normalized spacial score (nSPS) is 13.2. The molecule has 0 aromatic heterocycles. The van der Waals surface area contributed by atoms with Crippen molar-refractivity contribution in [2.45, 2.75) is 26.1 Å². The lowest BCUT2D eigenvalue weighted by atomic mass is 10.0. The van der Waals surface area contributed by atoms with Gasteiger partial charge in [0.1, 0.15) is 0 Å². The molecular formula is C15H19NO. The predicted molar refractivity (Wildman–Crippen MR) is 72.0 cm³/mol. The van der Waals surface area contributed by atoms with Gasteiger partial charge in [0.05, 0.1) is 12.2 Å². The highest BCUT2D eigenvalue weighted by Crippen LogP contribution is 2.23. The van der Waals surface area contributed by atoms with Crippen molar-refractivity contribution in [3.8, 4) is 0 Å². The molecule has 0 bridgehead atoms. The Balaban J connectivity index is 2.34. The van der Waals surface area contributed by atoms with Crippen LogP contribution in [0.15, 0.2) is 42.5 Å². The summed E-state index contributed by atoms with van der Waals surface area (Å²) in [5.41, 5.74) is 6.92. The highest BCUT2D eigenvalue weighted by Gasteiger charge is 2.12. The average Bonchev–Trinajstić information content (AvgIpc) is 2.35. The molecule has 0 aliphatic carbocycles. The van der Waals surface area contributed by atoms with E-state index < -0.39 is 0 Å². The standard InChI is InChI=1S/C15H19NO/c1-11(2)17-15(10-16)14-8-7-12-5-3-4-6-13(12)9-14/h3-9,11,15H,10,16H2,1-2H3. The SMILES string of the molecule is CC(C)OC(CN)c1ccc2ccccc2c1. The summed E-state index contributed by atoms with van der Waals surface area (Å²) < 4.78 is 5.81. The van der Waals surface area contributed by atoms with Gasteiger partial charge in [-0.3, -0.25) is 0 Å². The fourth-order valence-electron chi connectivity index (χ4n) is 2.01. The van der Waals surface area contributed by atoms with Crippen LogP contribution in [0.5, 0.6) is 0 Å². The predicted octanol–water partition coefficient (Wildman–Crippen LogP) is 3.26. The lowest BCUT2D eigenvalue weighted by Gasteiger charge is -2.19. The van der Waals surface area contributed by atoms with Crippen LogP contribution in [0.4, 0.5) is 0 Å². The van der Waals surface area contributed by atoms with E-state index in [0.29, 0.717) is 6.54 Å². The molecular weight excluding hydrogens is 210 g/mol. The Morgan fingerprint density at radius 2 is 1.76 bits per heavy atom. The van der Waals surface area contributed by atoms with Crippen LogP contribution < -0.4 is 5.73 Å². The molecule has 0 spiro atoms. The summed E-state index contributed by atoms with van der Waals surface area (Å²) in [7, 11) is 0. The molecule has 90 valence electrons. The van der Waals surface area contributed by atoms with Gasteiger partial charge in [0.2, 0.25) is 0 Å². The number of benzene rings is 2. The first-order valence-corrected chi connectivity index (χ1v) is 6.05. The van der Waals surface area contributed by atoms with Crippen molar-refractivity contribution in [3.05, 3.63) is 48.0 Å². The number of nitrogens with two attached hydrogens (primary N) is 1. The summed E-state index contributed by atoms with van der Waals surface area (Å²) in [5.74, 6) is 0. The van der Waals surface area contributed by atoms with E-state index in [2.05, 4.69) is 30.3 Å². The smallest absolute Gasteiger partial charge is 0.0950 e. The molecule has 2 rings (SSSR count). The minimum atomic E-state index is -0.0143. The van der Waals surface area contributed by atoms with Crippen molar-refractivity contribution in [1.82, 2.24) is 0 Å². The molecule has 1 atom stereocenters. The molecule has 2 N–H and O–H groups in total. The van der Waals surface area contributed by atoms with E-state index in [1.54, 1.807) is 0 Å². The van der Waals surface area contributed by atoms with Crippen LogP contribution in [0.3, 0.4) is 0 Å². The van der Waals surface area contributed by atoms with E-state index in [1.807, 2.05) is 26.0 Å². The van der Waals surface area contributed by atoms with Crippen LogP contribution in [0.1, 0.15) is 25.5 Å². The van der Waals surface area contributed by atoms with Crippen molar-refractivity contribution < 1.29 is 4.74 Å². The molecule has 2 aromatic rings. The average molecular weight is 229 g/mol. The van der Waals surface area contributed by atoms with Gasteiger partial charge in [-0.05, 0) is 36.2 Å².